The van der Waals surface area contributed by atoms with Crippen LogP contribution in [0, 0.1) is 6.92 Å². The Kier molecular flexibility index (Phi) is 6.69. The lowest BCUT2D eigenvalue weighted by Gasteiger charge is -2.13. The predicted molar refractivity (Wildman–Crippen MR) is 117 cm³/mol. The average molecular weight is 489 g/mol. The van der Waals surface area contributed by atoms with E-state index < -0.39 is 0 Å². The molecule has 0 bridgehead atoms. The van der Waals surface area contributed by atoms with Crippen LogP contribution in [0.2, 0.25) is 0 Å². The minimum atomic E-state index is -0.212. The maximum absolute atomic E-state index is 12.8. The van der Waals surface area contributed by atoms with Gasteiger partial charge in [-0.25, -0.2) is 0 Å². The number of rotatable bonds is 6. The monoisotopic (exact) mass is 487 g/mol. The van der Waals surface area contributed by atoms with Gasteiger partial charge in [0.1, 0.15) is 5.75 Å². The van der Waals surface area contributed by atoms with Crippen molar-refractivity contribution < 1.29 is 9.53 Å². The first-order valence-electron chi connectivity index (χ1n) is 8.57. The van der Waals surface area contributed by atoms with E-state index in [-0.39, 0.29) is 5.91 Å². The zero-order valence-electron chi connectivity index (χ0n) is 14.8. The number of aryl methyl sites for hydroxylation is 1. The summed E-state index contributed by atoms with van der Waals surface area (Å²) in [6, 6.07) is 21.4. The second-order valence-corrected chi connectivity index (χ2v) is 7.93. The van der Waals surface area contributed by atoms with E-state index in [4.69, 9.17) is 4.74 Å². The quantitative estimate of drug-likeness (QED) is 0.436. The highest BCUT2D eigenvalue weighted by Crippen LogP contribution is 2.27. The van der Waals surface area contributed by atoms with Gasteiger partial charge in [0.25, 0.3) is 5.91 Å². The summed E-state index contributed by atoms with van der Waals surface area (Å²) in [5, 5.41) is 2.94. The highest BCUT2D eigenvalue weighted by atomic mass is 79.9. The van der Waals surface area contributed by atoms with Crippen LogP contribution in [0.5, 0.6) is 5.75 Å². The van der Waals surface area contributed by atoms with E-state index in [1.165, 1.54) is 5.56 Å². The van der Waals surface area contributed by atoms with Gasteiger partial charge < -0.3 is 10.1 Å². The number of ether oxygens (including phenoxy) is 1. The number of hydrogen-bond donors (Lipinski definition) is 1. The molecule has 3 aromatic rings. The molecule has 0 atom stereocenters. The first kappa shape index (κ1) is 19.6. The van der Waals surface area contributed by atoms with E-state index >= 15 is 0 Å². The molecule has 0 saturated heterocycles. The number of carbonyl (C=O) groups is 1. The molecule has 0 aliphatic carbocycles. The molecule has 5 heteroatoms. The van der Waals surface area contributed by atoms with Gasteiger partial charge in [0.15, 0.2) is 0 Å². The summed E-state index contributed by atoms with van der Waals surface area (Å²) in [6.45, 7) is 2.50. The molecule has 0 aromatic heterocycles. The third kappa shape index (κ3) is 5.44. The molecule has 138 valence electrons. The Morgan fingerprint density at radius 3 is 2.52 bits per heavy atom. The number of anilines is 1. The van der Waals surface area contributed by atoms with Crippen LogP contribution in [0.25, 0.3) is 0 Å². The molecule has 1 N–H and O–H groups in total. The van der Waals surface area contributed by atoms with Crippen molar-refractivity contribution in [1.82, 2.24) is 0 Å². The van der Waals surface area contributed by atoms with Gasteiger partial charge in [-0.15, -0.1) is 0 Å². The summed E-state index contributed by atoms with van der Waals surface area (Å²) in [7, 11) is 0. The van der Waals surface area contributed by atoms with Gasteiger partial charge in [0.2, 0.25) is 0 Å². The zero-order chi connectivity index (χ0) is 19.2. The molecular weight excluding hydrogens is 470 g/mol. The Bertz CT molecular complexity index is 942. The van der Waals surface area contributed by atoms with Gasteiger partial charge in [-0.1, -0.05) is 52.3 Å². The third-order valence-electron chi connectivity index (χ3n) is 4.05. The number of benzene rings is 3. The Balaban J connectivity index is 1.73. The Morgan fingerprint density at radius 1 is 1.00 bits per heavy atom. The molecule has 0 saturated carbocycles. The van der Waals surface area contributed by atoms with E-state index in [9.17, 15) is 4.79 Å². The summed E-state index contributed by atoms with van der Waals surface area (Å²) in [4.78, 5) is 12.8. The van der Waals surface area contributed by atoms with Crippen molar-refractivity contribution in [3.63, 3.8) is 0 Å². The number of amides is 1. The summed E-state index contributed by atoms with van der Waals surface area (Å²) in [5.41, 5.74) is 3.53. The predicted octanol–water partition coefficient (Wildman–Crippen LogP) is 6.39. The third-order valence-corrected chi connectivity index (χ3v) is 5.20. The second-order valence-electron chi connectivity index (χ2n) is 6.16. The molecule has 3 nitrogen and oxygen atoms in total. The fraction of sp³-hybridized carbons (Fsp3) is 0.136. The fourth-order valence-corrected chi connectivity index (χ4v) is 3.59. The van der Waals surface area contributed by atoms with Crippen molar-refractivity contribution in [2.24, 2.45) is 0 Å². The SMILES string of the molecule is Cc1ccc(NC(=O)c2cc(Br)ccc2OCCc2ccccc2)c(Br)c1. The van der Waals surface area contributed by atoms with E-state index in [1.807, 2.05) is 55.5 Å². The van der Waals surface area contributed by atoms with Crippen molar-refractivity contribution in [3.05, 3.63) is 92.4 Å². The van der Waals surface area contributed by atoms with Crippen molar-refractivity contribution in [2.45, 2.75) is 13.3 Å². The van der Waals surface area contributed by atoms with Crippen LogP contribution in [0.3, 0.4) is 0 Å². The summed E-state index contributed by atoms with van der Waals surface area (Å²) in [6.07, 6.45) is 0.779. The Hall–Kier alpha value is -2.11. The maximum Gasteiger partial charge on any atom is 0.259 e. The normalized spacial score (nSPS) is 10.5. The minimum Gasteiger partial charge on any atom is -0.492 e. The molecule has 1 amide bonds. The lowest BCUT2D eigenvalue weighted by molar-refractivity contribution is 0.102. The van der Waals surface area contributed by atoms with Crippen LogP contribution < -0.4 is 10.1 Å². The largest absolute Gasteiger partial charge is 0.492 e. The van der Waals surface area contributed by atoms with Crippen molar-refractivity contribution in [2.75, 3.05) is 11.9 Å². The molecule has 0 heterocycles. The first-order valence-corrected chi connectivity index (χ1v) is 10.2. The molecule has 0 fully saturated rings. The lowest BCUT2D eigenvalue weighted by atomic mass is 10.1. The van der Waals surface area contributed by atoms with Crippen LogP contribution in [-0.4, -0.2) is 12.5 Å². The van der Waals surface area contributed by atoms with Gasteiger partial charge in [0, 0.05) is 15.4 Å². The van der Waals surface area contributed by atoms with Crippen LogP contribution in [0.1, 0.15) is 21.5 Å². The van der Waals surface area contributed by atoms with Gasteiger partial charge in [-0.2, -0.15) is 0 Å². The number of halogens is 2. The molecule has 27 heavy (non-hydrogen) atoms. The summed E-state index contributed by atoms with van der Waals surface area (Å²) >= 11 is 6.93. The second kappa shape index (κ2) is 9.20. The van der Waals surface area contributed by atoms with E-state index in [0.717, 1.165) is 26.6 Å². The molecule has 0 aliphatic rings. The standard InChI is InChI=1S/C22H19Br2NO2/c1-15-7-9-20(19(24)13-15)25-22(26)18-14-17(23)8-10-21(18)27-12-11-16-5-3-2-4-6-16/h2-10,13-14H,11-12H2,1H3,(H,25,26). The van der Waals surface area contributed by atoms with Gasteiger partial charge >= 0.3 is 0 Å². The van der Waals surface area contributed by atoms with Crippen molar-refractivity contribution >= 4 is 43.5 Å². The first-order chi connectivity index (χ1) is 13.0. The molecular formula is C22H19Br2NO2. The summed E-state index contributed by atoms with van der Waals surface area (Å²) < 4.78 is 7.58. The van der Waals surface area contributed by atoms with Crippen molar-refractivity contribution in [1.29, 1.82) is 0 Å². The number of carbonyl (C=O) groups excluding carboxylic acids is 1. The molecule has 3 rings (SSSR count). The van der Waals surface area contributed by atoms with E-state index in [0.29, 0.717) is 17.9 Å². The Morgan fingerprint density at radius 2 is 1.78 bits per heavy atom. The number of hydrogen-bond acceptors (Lipinski definition) is 2. The topological polar surface area (TPSA) is 38.3 Å². The highest BCUT2D eigenvalue weighted by molar-refractivity contribution is 9.10. The smallest absolute Gasteiger partial charge is 0.259 e. The Labute approximate surface area is 176 Å². The molecule has 0 aliphatic heterocycles. The van der Waals surface area contributed by atoms with Crippen LogP contribution in [0.15, 0.2) is 75.7 Å². The fourth-order valence-electron chi connectivity index (χ4n) is 2.64. The van der Waals surface area contributed by atoms with Gasteiger partial charge in [-0.05, 0) is 64.3 Å². The van der Waals surface area contributed by atoms with E-state index in [2.05, 4.69) is 49.3 Å². The molecule has 0 spiro atoms. The molecule has 3 aromatic carbocycles. The highest BCUT2D eigenvalue weighted by Gasteiger charge is 2.15. The van der Waals surface area contributed by atoms with Gasteiger partial charge in [-0.3, -0.25) is 4.79 Å². The average Bonchev–Trinajstić information content (AvgIpc) is 2.66. The number of nitrogens with one attached hydrogen (secondary N) is 1. The van der Waals surface area contributed by atoms with Crippen molar-refractivity contribution in [3.8, 4) is 5.75 Å². The van der Waals surface area contributed by atoms with Crippen LogP contribution in [0.4, 0.5) is 5.69 Å². The summed E-state index contributed by atoms with van der Waals surface area (Å²) in [5.74, 6) is 0.352. The van der Waals surface area contributed by atoms with Crippen LogP contribution >= 0.6 is 31.9 Å². The minimum absolute atomic E-state index is 0.212. The lowest BCUT2D eigenvalue weighted by Crippen LogP contribution is -2.15. The molecule has 0 unspecified atom stereocenters. The maximum atomic E-state index is 12.8. The zero-order valence-corrected chi connectivity index (χ0v) is 18.0. The van der Waals surface area contributed by atoms with Crippen LogP contribution in [-0.2, 0) is 6.42 Å². The molecule has 0 radical (unpaired) electrons. The van der Waals surface area contributed by atoms with Gasteiger partial charge in [0.05, 0.1) is 17.9 Å². The van der Waals surface area contributed by atoms with E-state index in [1.54, 1.807) is 6.07 Å².